The number of nitrogens with two attached hydrogens (primary N) is 2. The van der Waals surface area contributed by atoms with Gasteiger partial charge in [0, 0.05) is 26.3 Å². The van der Waals surface area contributed by atoms with Gasteiger partial charge >= 0.3 is 0 Å². The molecule has 1 heterocycles. The summed E-state index contributed by atoms with van der Waals surface area (Å²) in [6, 6.07) is 1.73. The van der Waals surface area contributed by atoms with Crippen molar-refractivity contribution < 1.29 is 4.74 Å². The smallest absolute Gasteiger partial charge is 0.223 e. The highest BCUT2D eigenvalue weighted by molar-refractivity contribution is 5.50. The molecule has 6 heteroatoms. The van der Waals surface area contributed by atoms with E-state index >= 15 is 0 Å². The van der Waals surface area contributed by atoms with Gasteiger partial charge in [-0.05, 0) is 5.92 Å². The van der Waals surface area contributed by atoms with Crippen molar-refractivity contribution in [2.45, 2.75) is 13.8 Å². The average molecular weight is 239 g/mol. The van der Waals surface area contributed by atoms with Gasteiger partial charge in [0.05, 0.1) is 6.61 Å². The summed E-state index contributed by atoms with van der Waals surface area (Å²) in [5.41, 5.74) is 11.3. The second kappa shape index (κ2) is 6.24. The Hall–Kier alpha value is -1.56. The van der Waals surface area contributed by atoms with Crippen LogP contribution in [0.3, 0.4) is 0 Å². The lowest BCUT2D eigenvalue weighted by atomic mass is 10.2. The number of nitrogen functional groups attached to an aromatic ring is 2. The van der Waals surface area contributed by atoms with E-state index in [9.17, 15) is 0 Å². The van der Waals surface area contributed by atoms with Crippen molar-refractivity contribution in [1.82, 2.24) is 9.97 Å². The van der Waals surface area contributed by atoms with Crippen LogP contribution < -0.4 is 16.4 Å². The summed E-state index contributed by atoms with van der Waals surface area (Å²) in [5, 5.41) is 0. The summed E-state index contributed by atoms with van der Waals surface area (Å²) in [5.74, 6) is 1.86. The molecule has 96 valence electrons. The average Bonchev–Trinajstić information content (AvgIpc) is 2.22. The first kappa shape index (κ1) is 13.5. The summed E-state index contributed by atoms with van der Waals surface area (Å²) in [7, 11) is 1.68. The summed E-state index contributed by atoms with van der Waals surface area (Å²) in [6.07, 6.45) is 0. The minimum Gasteiger partial charge on any atom is -0.383 e. The zero-order chi connectivity index (χ0) is 12.8. The molecule has 1 aromatic rings. The molecule has 0 radical (unpaired) electrons. The highest BCUT2D eigenvalue weighted by atomic mass is 16.5. The van der Waals surface area contributed by atoms with Crippen molar-refractivity contribution in [3.8, 4) is 0 Å². The molecule has 1 aromatic heterocycles. The van der Waals surface area contributed by atoms with Gasteiger partial charge in [0.1, 0.15) is 11.6 Å². The molecule has 0 atom stereocenters. The molecule has 1 rings (SSSR count). The Labute approximate surface area is 102 Å². The normalized spacial score (nSPS) is 10.8. The second-order valence-electron chi connectivity index (χ2n) is 4.34. The number of hydrogen-bond donors (Lipinski definition) is 2. The summed E-state index contributed by atoms with van der Waals surface area (Å²) in [4.78, 5) is 10.2. The molecule has 0 fully saturated rings. The van der Waals surface area contributed by atoms with Gasteiger partial charge in [0.2, 0.25) is 5.95 Å². The predicted octanol–water partition coefficient (Wildman–Crippen LogP) is 0.750. The van der Waals surface area contributed by atoms with Crippen LogP contribution in [-0.4, -0.2) is 36.8 Å². The Balaban J connectivity index is 2.86. The third-order valence-corrected chi connectivity index (χ3v) is 2.22. The van der Waals surface area contributed by atoms with E-state index in [-0.39, 0.29) is 5.95 Å². The van der Waals surface area contributed by atoms with Crippen LogP contribution in [0.25, 0.3) is 0 Å². The minimum atomic E-state index is 0.200. The molecule has 6 nitrogen and oxygen atoms in total. The first-order chi connectivity index (χ1) is 8.02. The number of methoxy groups -OCH3 is 1. The maximum Gasteiger partial charge on any atom is 0.223 e. The van der Waals surface area contributed by atoms with E-state index in [1.54, 1.807) is 13.2 Å². The van der Waals surface area contributed by atoms with Crippen LogP contribution in [0.15, 0.2) is 6.07 Å². The monoisotopic (exact) mass is 239 g/mol. The zero-order valence-corrected chi connectivity index (χ0v) is 10.7. The van der Waals surface area contributed by atoms with Gasteiger partial charge in [-0.15, -0.1) is 0 Å². The second-order valence-corrected chi connectivity index (χ2v) is 4.34. The number of hydrogen-bond acceptors (Lipinski definition) is 6. The standard InChI is InChI=1S/C11H21N5O/c1-8(2)7-16(4-5-17-3)10-6-9(12)14-11(13)15-10/h6,8H,4-5,7H2,1-3H3,(H4,12,13,14,15). The van der Waals surface area contributed by atoms with E-state index in [0.717, 1.165) is 18.9 Å². The predicted molar refractivity (Wildman–Crippen MR) is 69.8 cm³/mol. The number of rotatable bonds is 6. The van der Waals surface area contributed by atoms with Gasteiger partial charge in [-0.3, -0.25) is 0 Å². The number of anilines is 3. The molecule has 0 saturated heterocycles. The molecular formula is C11H21N5O. The zero-order valence-electron chi connectivity index (χ0n) is 10.7. The third-order valence-electron chi connectivity index (χ3n) is 2.22. The van der Waals surface area contributed by atoms with E-state index in [0.29, 0.717) is 18.3 Å². The van der Waals surface area contributed by atoms with Crippen LogP contribution in [0.1, 0.15) is 13.8 Å². The molecule has 0 aromatic carbocycles. The largest absolute Gasteiger partial charge is 0.383 e. The molecule has 4 N–H and O–H groups in total. The number of ether oxygens (including phenoxy) is 1. The molecule has 0 aliphatic heterocycles. The van der Waals surface area contributed by atoms with Crippen LogP contribution in [0.5, 0.6) is 0 Å². The van der Waals surface area contributed by atoms with Gasteiger partial charge in [-0.2, -0.15) is 9.97 Å². The molecular weight excluding hydrogens is 218 g/mol. The van der Waals surface area contributed by atoms with Crippen LogP contribution in [0.4, 0.5) is 17.6 Å². The Morgan fingerprint density at radius 3 is 2.59 bits per heavy atom. The van der Waals surface area contributed by atoms with E-state index in [1.807, 2.05) is 0 Å². The lowest BCUT2D eigenvalue weighted by molar-refractivity contribution is 0.204. The van der Waals surface area contributed by atoms with E-state index < -0.39 is 0 Å². The Kier molecular flexibility index (Phi) is 4.96. The molecule has 0 aliphatic carbocycles. The van der Waals surface area contributed by atoms with Crippen LogP contribution in [-0.2, 0) is 4.74 Å². The fraction of sp³-hybridized carbons (Fsp3) is 0.636. The van der Waals surface area contributed by atoms with Gasteiger partial charge in [-0.25, -0.2) is 0 Å². The van der Waals surface area contributed by atoms with Crippen LogP contribution >= 0.6 is 0 Å². The first-order valence-corrected chi connectivity index (χ1v) is 5.67. The SMILES string of the molecule is COCCN(CC(C)C)c1cc(N)nc(N)n1. The van der Waals surface area contributed by atoms with Crippen molar-refractivity contribution in [1.29, 1.82) is 0 Å². The van der Waals surface area contributed by atoms with Crippen molar-refractivity contribution >= 4 is 17.6 Å². The van der Waals surface area contributed by atoms with E-state index in [4.69, 9.17) is 16.2 Å². The molecule has 0 saturated carbocycles. The maximum atomic E-state index is 5.67. The van der Waals surface area contributed by atoms with Gasteiger partial charge < -0.3 is 21.1 Å². The molecule has 0 amide bonds. The highest BCUT2D eigenvalue weighted by Gasteiger charge is 2.11. The van der Waals surface area contributed by atoms with Crippen molar-refractivity contribution in [3.05, 3.63) is 6.07 Å². The maximum absolute atomic E-state index is 5.67. The van der Waals surface area contributed by atoms with Gasteiger partial charge in [0.15, 0.2) is 0 Å². The Bertz CT molecular complexity index is 335. The quantitative estimate of drug-likeness (QED) is 0.761. The first-order valence-electron chi connectivity index (χ1n) is 5.67. The van der Waals surface area contributed by atoms with Crippen LogP contribution in [0.2, 0.25) is 0 Å². The highest BCUT2D eigenvalue weighted by Crippen LogP contribution is 2.16. The van der Waals surface area contributed by atoms with Gasteiger partial charge in [0.25, 0.3) is 0 Å². The molecule has 0 spiro atoms. The Morgan fingerprint density at radius 1 is 1.35 bits per heavy atom. The van der Waals surface area contributed by atoms with Crippen molar-refractivity contribution in [2.75, 3.05) is 43.2 Å². The summed E-state index contributed by atoms with van der Waals surface area (Å²) in [6.45, 7) is 6.56. The Morgan fingerprint density at radius 2 is 2.06 bits per heavy atom. The van der Waals surface area contributed by atoms with Gasteiger partial charge in [-0.1, -0.05) is 13.8 Å². The van der Waals surface area contributed by atoms with E-state index in [2.05, 4.69) is 28.7 Å². The third kappa shape index (κ3) is 4.44. The molecule has 17 heavy (non-hydrogen) atoms. The summed E-state index contributed by atoms with van der Waals surface area (Å²) < 4.78 is 5.09. The van der Waals surface area contributed by atoms with Crippen molar-refractivity contribution in [3.63, 3.8) is 0 Å². The van der Waals surface area contributed by atoms with Crippen molar-refractivity contribution in [2.24, 2.45) is 5.92 Å². The lowest BCUT2D eigenvalue weighted by Gasteiger charge is -2.25. The lowest BCUT2D eigenvalue weighted by Crippen LogP contribution is -2.32. The fourth-order valence-electron chi connectivity index (χ4n) is 1.58. The van der Waals surface area contributed by atoms with E-state index in [1.165, 1.54) is 0 Å². The molecule has 0 unspecified atom stereocenters. The number of aromatic nitrogens is 2. The molecule has 0 bridgehead atoms. The molecule has 0 aliphatic rings. The number of nitrogens with zero attached hydrogens (tertiary/aromatic N) is 3. The minimum absolute atomic E-state index is 0.200. The fourth-order valence-corrected chi connectivity index (χ4v) is 1.58. The summed E-state index contributed by atoms with van der Waals surface area (Å²) >= 11 is 0. The topological polar surface area (TPSA) is 90.3 Å². The van der Waals surface area contributed by atoms with Crippen LogP contribution in [0, 0.1) is 5.92 Å².